The number of amides is 2. The monoisotopic (exact) mass is 270 g/mol. The Labute approximate surface area is 108 Å². The molecule has 0 aliphatic carbocycles. The Balaban J connectivity index is 2.70. The maximum atomic E-state index is 11.4. The van der Waals surface area contributed by atoms with E-state index < -0.39 is 11.9 Å². The third-order valence-corrected chi connectivity index (χ3v) is 2.30. The van der Waals surface area contributed by atoms with Crippen molar-refractivity contribution in [3.8, 4) is 0 Å². The molecular formula is C11H11ClN2O4. The second-order valence-electron chi connectivity index (χ2n) is 3.46. The molecule has 0 aliphatic rings. The largest absolute Gasteiger partial charge is 0.478 e. The molecule has 7 heteroatoms. The molecular weight excluding hydrogens is 260 g/mol. The van der Waals surface area contributed by atoms with Crippen molar-refractivity contribution in [2.24, 2.45) is 0 Å². The molecule has 3 N–H and O–H groups in total. The van der Waals surface area contributed by atoms with Crippen LogP contribution in [0, 0.1) is 0 Å². The Morgan fingerprint density at radius 1 is 1.33 bits per heavy atom. The second-order valence-corrected chi connectivity index (χ2v) is 3.86. The van der Waals surface area contributed by atoms with Crippen molar-refractivity contribution >= 4 is 35.1 Å². The van der Waals surface area contributed by atoms with E-state index in [1.54, 1.807) is 0 Å². The minimum atomic E-state index is -1.10. The number of carboxylic acids is 1. The zero-order chi connectivity index (χ0) is 13.7. The molecule has 0 saturated heterocycles. The van der Waals surface area contributed by atoms with E-state index in [2.05, 4.69) is 10.6 Å². The summed E-state index contributed by atoms with van der Waals surface area (Å²) in [6.07, 6.45) is 0. The van der Waals surface area contributed by atoms with Crippen LogP contribution in [0.3, 0.4) is 0 Å². The van der Waals surface area contributed by atoms with Gasteiger partial charge in [0.2, 0.25) is 11.8 Å². The van der Waals surface area contributed by atoms with E-state index in [9.17, 15) is 14.4 Å². The van der Waals surface area contributed by atoms with E-state index in [1.165, 1.54) is 25.1 Å². The number of nitrogens with one attached hydrogen (secondary N) is 2. The summed E-state index contributed by atoms with van der Waals surface area (Å²) in [5.41, 5.74) is 0.317. The molecule has 96 valence electrons. The molecule has 0 heterocycles. The standard InChI is InChI=1S/C11H11ClN2O4/c1-6(15)13-5-10(16)14-9-3-2-7(11(17)18)4-8(9)12/h2-4H,5H2,1H3,(H,13,15)(H,14,16)(H,17,18). The maximum absolute atomic E-state index is 11.4. The number of rotatable bonds is 4. The fourth-order valence-corrected chi connectivity index (χ4v) is 1.38. The first kappa shape index (κ1) is 14.0. The van der Waals surface area contributed by atoms with Gasteiger partial charge in [0.15, 0.2) is 0 Å². The predicted octanol–water partition coefficient (Wildman–Crippen LogP) is 1.11. The zero-order valence-electron chi connectivity index (χ0n) is 9.49. The SMILES string of the molecule is CC(=O)NCC(=O)Nc1ccc(C(=O)O)cc1Cl. The highest BCUT2D eigenvalue weighted by Crippen LogP contribution is 2.22. The average molecular weight is 271 g/mol. The van der Waals surface area contributed by atoms with Crippen molar-refractivity contribution in [1.29, 1.82) is 0 Å². The topological polar surface area (TPSA) is 95.5 Å². The zero-order valence-corrected chi connectivity index (χ0v) is 10.2. The number of benzene rings is 1. The Morgan fingerprint density at radius 3 is 2.50 bits per heavy atom. The molecule has 0 bridgehead atoms. The number of carbonyl (C=O) groups is 3. The fraction of sp³-hybridized carbons (Fsp3) is 0.182. The van der Waals surface area contributed by atoms with E-state index in [0.29, 0.717) is 0 Å². The van der Waals surface area contributed by atoms with Crippen LogP contribution in [0.2, 0.25) is 5.02 Å². The van der Waals surface area contributed by atoms with E-state index in [0.717, 1.165) is 0 Å². The average Bonchev–Trinajstić information content (AvgIpc) is 2.29. The molecule has 0 atom stereocenters. The molecule has 0 aromatic heterocycles. The van der Waals surface area contributed by atoms with Crippen molar-refractivity contribution in [3.63, 3.8) is 0 Å². The minimum Gasteiger partial charge on any atom is -0.478 e. The molecule has 6 nitrogen and oxygen atoms in total. The first-order valence-corrected chi connectivity index (χ1v) is 5.35. The van der Waals surface area contributed by atoms with Gasteiger partial charge in [-0.25, -0.2) is 4.79 Å². The van der Waals surface area contributed by atoms with Gasteiger partial charge in [-0.15, -0.1) is 0 Å². The van der Waals surface area contributed by atoms with Gasteiger partial charge in [0.25, 0.3) is 0 Å². The van der Waals surface area contributed by atoms with Crippen LogP contribution in [0.5, 0.6) is 0 Å². The summed E-state index contributed by atoms with van der Waals surface area (Å²) in [6.45, 7) is 1.12. The van der Waals surface area contributed by atoms with Gasteiger partial charge in [0, 0.05) is 6.92 Å². The number of aromatic carboxylic acids is 1. The van der Waals surface area contributed by atoms with Crippen LogP contribution in [0.4, 0.5) is 5.69 Å². The molecule has 0 radical (unpaired) electrons. The van der Waals surface area contributed by atoms with Crippen molar-refractivity contribution < 1.29 is 19.5 Å². The number of carbonyl (C=O) groups excluding carboxylic acids is 2. The molecule has 0 fully saturated rings. The Kier molecular flexibility index (Phi) is 4.67. The lowest BCUT2D eigenvalue weighted by Crippen LogP contribution is -2.31. The van der Waals surface area contributed by atoms with Gasteiger partial charge in [0.1, 0.15) is 0 Å². The third kappa shape index (κ3) is 4.06. The van der Waals surface area contributed by atoms with Crippen molar-refractivity contribution in [1.82, 2.24) is 5.32 Å². The highest BCUT2D eigenvalue weighted by Gasteiger charge is 2.09. The summed E-state index contributed by atoms with van der Waals surface area (Å²) in [5, 5.41) is 13.6. The summed E-state index contributed by atoms with van der Waals surface area (Å²) >= 11 is 5.81. The van der Waals surface area contributed by atoms with Crippen LogP contribution < -0.4 is 10.6 Å². The number of carboxylic acid groups (broad SMARTS) is 1. The van der Waals surface area contributed by atoms with E-state index in [1.807, 2.05) is 0 Å². The van der Waals surface area contributed by atoms with Crippen LogP contribution in [-0.4, -0.2) is 29.4 Å². The third-order valence-electron chi connectivity index (χ3n) is 1.99. The Bertz CT molecular complexity index is 502. The van der Waals surface area contributed by atoms with E-state index in [4.69, 9.17) is 16.7 Å². The minimum absolute atomic E-state index is 0.0276. The van der Waals surface area contributed by atoms with E-state index in [-0.39, 0.29) is 28.7 Å². The Hall–Kier alpha value is -2.08. The summed E-state index contributed by atoms with van der Waals surface area (Å²) in [6, 6.07) is 3.94. The molecule has 2 amide bonds. The highest BCUT2D eigenvalue weighted by molar-refractivity contribution is 6.34. The van der Waals surface area contributed by atoms with Crippen LogP contribution in [0.25, 0.3) is 0 Å². The van der Waals surface area contributed by atoms with Crippen LogP contribution >= 0.6 is 11.6 Å². The summed E-state index contributed by atoms with van der Waals surface area (Å²) in [4.78, 5) is 32.7. The molecule has 1 aromatic carbocycles. The molecule has 1 rings (SSSR count). The second kappa shape index (κ2) is 6.02. The smallest absolute Gasteiger partial charge is 0.335 e. The van der Waals surface area contributed by atoms with Gasteiger partial charge in [-0.1, -0.05) is 11.6 Å². The van der Waals surface area contributed by atoms with E-state index >= 15 is 0 Å². The molecule has 0 aliphatic heterocycles. The lowest BCUT2D eigenvalue weighted by atomic mass is 10.2. The van der Waals surface area contributed by atoms with Crippen LogP contribution in [-0.2, 0) is 9.59 Å². The normalized spacial score (nSPS) is 9.67. The van der Waals surface area contributed by atoms with Gasteiger partial charge in [-0.2, -0.15) is 0 Å². The summed E-state index contributed by atoms with van der Waals surface area (Å²) < 4.78 is 0. The van der Waals surface area contributed by atoms with Gasteiger partial charge >= 0.3 is 5.97 Å². The summed E-state index contributed by atoms with van der Waals surface area (Å²) in [7, 11) is 0. The maximum Gasteiger partial charge on any atom is 0.335 e. The highest BCUT2D eigenvalue weighted by atomic mass is 35.5. The molecule has 0 saturated carbocycles. The molecule has 0 spiro atoms. The van der Waals surface area contributed by atoms with Gasteiger partial charge in [-0.05, 0) is 18.2 Å². The predicted molar refractivity (Wildman–Crippen MR) is 65.7 cm³/mol. The van der Waals surface area contributed by atoms with Gasteiger partial charge in [0.05, 0.1) is 22.8 Å². The van der Waals surface area contributed by atoms with Crippen molar-refractivity contribution in [3.05, 3.63) is 28.8 Å². The van der Waals surface area contributed by atoms with Crippen molar-refractivity contribution in [2.75, 3.05) is 11.9 Å². The first-order chi connectivity index (χ1) is 8.40. The van der Waals surface area contributed by atoms with Crippen LogP contribution in [0.1, 0.15) is 17.3 Å². The lowest BCUT2D eigenvalue weighted by molar-refractivity contribution is -0.122. The fourth-order valence-electron chi connectivity index (χ4n) is 1.15. The quantitative estimate of drug-likeness (QED) is 0.764. The number of hydrogen-bond donors (Lipinski definition) is 3. The van der Waals surface area contributed by atoms with Crippen LogP contribution in [0.15, 0.2) is 18.2 Å². The molecule has 0 unspecified atom stereocenters. The molecule has 1 aromatic rings. The lowest BCUT2D eigenvalue weighted by Gasteiger charge is -2.08. The number of halogens is 1. The number of anilines is 1. The van der Waals surface area contributed by atoms with Gasteiger partial charge < -0.3 is 15.7 Å². The number of hydrogen-bond acceptors (Lipinski definition) is 3. The van der Waals surface area contributed by atoms with Gasteiger partial charge in [-0.3, -0.25) is 9.59 Å². The van der Waals surface area contributed by atoms with Crippen molar-refractivity contribution in [2.45, 2.75) is 6.92 Å². The molecule has 18 heavy (non-hydrogen) atoms. The Morgan fingerprint density at radius 2 is 2.00 bits per heavy atom. The summed E-state index contributed by atoms with van der Waals surface area (Å²) in [5.74, 6) is -1.87. The first-order valence-electron chi connectivity index (χ1n) is 4.97.